The lowest BCUT2D eigenvalue weighted by molar-refractivity contribution is 0.159. The van der Waals surface area contributed by atoms with Crippen molar-refractivity contribution in [1.29, 1.82) is 0 Å². The number of rotatable bonds is 3. The minimum Gasteiger partial charge on any atom is -0.473 e. The highest BCUT2D eigenvalue weighted by atomic mass is 16.3. The van der Waals surface area contributed by atoms with E-state index in [2.05, 4.69) is 16.3 Å². The molecule has 18 heavy (non-hydrogen) atoms. The van der Waals surface area contributed by atoms with Crippen molar-refractivity contribution in [3.05, 3.63) is 55.3 Å². The summed E-state index contributed by atoms with van der Waals surface area (Å²) in [6, 6.07) is 9.38. The number of aliphatic hydroxyl groups is 1. The van der Waals surface area contributed by atoms with Crippen LogP contribution in [0.4, 0.5) is 0 Å². The summed E-state index contributed by atoms with van der Waals surface area (Å²) in [4.78, 5) is 3.78. The first-order valence-corrected chi connectivity index (χ1v) is 6.31. The monoisotopic (exact) mass is 249 g/mol. The highest BCUT2D eigenvalue weighted by Gasteiger charge is 1.94. The molecule has 3 heteroatoms. The van der Waals surface area contributed by atoms with Crippen molar-refractivity contribution < 1.29 is 9.52 Å². The van der Waals surface area contributed by atoms with Crippen LogP contribution in [0, 0.1) is 0 Å². The predicted molar refractivity (Wildman–Crippen MR) is 74.2 cm³/mol. The second-order valence-corrected chi connectivity index (χ2v) is 3.67. The molecule has 0 saturated carbocycles. The van der Waals surface area contributed by atoms with Crippen LogP contribution in [0.2, 0.25) is 0 Å². The van der Waals surface area contributed by atoms with Gasteiger partial charge < -0.3 is 9.52 Å². The Morgan fingerprint density at radius 1 is 1.00 bits per heavy atom. The maximum absolute atomic E-state index is 8.86. The van der Waals surface area contributed by atoms with Gasteiger partial charge in [-0.2, -0.15) is 0 Å². The quantitative estimate of drug-likeness (QED) is 0.896. The van der Waals surface area contributed by atoms with Crippen LogP contribution in [0.25, 0.3) is 0 Å². The summed E-state index contributed by atoms with van der Waals surface area (Å²) in [7, 11) is 0. The summed E-state index contributed by atoms with van der Waals surface area (Å²) in [6.45, 7) is 4.08. The largest absolute Gasteiger partial charge is 0.473 e. The molecule has 2 aromatic heterocycles. The zero-order valence-electron chi connectivity index (χ0n) is 11.2. The smallest absolute Gasteiger partial charge is 0.0902 e. The van der Waals surface area contributed by atoms with Crippen molar-refractivity contribution in [2.45, 2.75) is 39.2 Å². The Bertz CT molecular complexity index is 278. The van der Waals surface area contributed by atoms with E-state index in [1.165, 1.54) is 0 Å². The van der Waals surface area contributed by atoms with E-state index in [0.717, 1.165) is 19.3 Å². The third kappa shape index (κ3) is 12.5. The van der Waals surface area contributed by atoms with Crippen molar-refractivity contribution >= 4 is 0 Å². The topological polar surface area (TPSA) is 46.3 Å². The van der Waals surface area contributed by atoms with Crippen molar-refractivity contribution in [1.82, 2.24) is 4.98 Å². The molecule has 0 spiro atoms. The van der Waals surface area contributed by atoms with Crippen LogP contribution in [0.5, 0.6) is 0 Å². The molecule has 2 heterocycles. The summed E-state index contributed by atoms with van der Waals surface area (Å²) in [6.07, 6.45) is 9.64. The molecule has 0 bridgehead atoms. The first-order chi connectivity index (χ1) is 8.81. The Balaban J connectivity index is 0.000000243. The first-order valence-electron chi connectivity index (χ1n) is 6.31. The SMILES string of the molecule is CCCC(O)CC.c1ccncc1.c1ccoc1. The van der Waals surface area contributed by atoms with Gasteiger partial charge >= 0.3 is 0 Å². The Kier molecular flexibility index (Phi) is 12.3. The molecule has 2 rings (SSSR count). The van der Waals surface area contributed by atoms with Gasteiger partial charge in [0.2, 0.25) is 0 Å². The van der Waals surface area contributed by atoms with E-state index in [4.69, 9.17) is 5.11 Å². The van der Waals surface area contributed by atoms with Gasteiger partial charge in [-0.15, -0.1) is 0 Å². The van der Waals surface area contributed by atoms with Gasteiger partial charge in [-0.25, -0.2) is 0 Å². The van der Waals surface area contributed by atoms with Crippen LogP contribution in [-0.2, 0) is 0 Å². The van der Waals surface area contributed by atoms with Gasteiger partial charge in [0.25, 0.3) is 0 Å². The summed E-state index contributed by atoms with van der Waals surface area (Å²) in [5.41, 5.74) is 0. The van der Waals surface area contributed by atoms with Gasteiger partial charge in [-0.1, -0.05) is 26.3 Å². The minimum absolute atomic E-state index is 0.0509. The lowest BCUT2D eigenvalue weighted by Crippen LogP contribution is -2.01. The molecule has 100 valence electrons. The number of hydrogen-bond acceptors (Lipinski definition) is 3. The molecule has 3 nitrogen and oxygen atoms in total. The molecule has 1 atom stereocenters. The van der Waals surface area contributed by atoms with Gasteiger partial charge in [0, 0.05) is 12.4 Å². The average Bonchev–Trinajstić information content (AvgIpc) is 3.01. The standard InChI is InChI=1S/C6H14O.C5H5N.C4H4O/c1-3-5-6(7)4-2;1-2-4-6-5-3-1;1-2-4-5-3-1/h6-7H,3-5H2,1-2H3;1-5H;1-4H. The molecule has 1 N–H and O–H groups in total. The van der Waals surface area contributed by atoms with Crippen LogP contribution < -0.4 is 0 Å². The van der Waals surface area contributed by atoms with Crippen LogP contribution >= 0.6 is 0 Å². The fourth-order valence-corrected chi connectivity index (χ4v) is 1.08. The Hall–Kier alpha value is -1.61. The Morgan fingerprint density at radius 3 is 1.78 bits per heavy atom. The third-order valence-corrected chi connectivity index (χ3v) is 2.09. The van der Waals surface area contributed by atoms with E-state index in [9.17, 15) is 0 Å². The molecule has 1 unspecified atom stereocenters. The molecule has 0 amide bonds. The lowest BCUT2D eigenvalue weighted by Gasteiger charge is -2.01. The number of aliphatic hydroxyl groups excluding tert-OH is 1. The zero-order valence-corrected chi connectivity index (χ0v) is 11.2. The highest BCUT2D eigenvalue weighted by Crippen LogP contribution is 1.98. The van der Waals surface area contributed by atoms with Gasteiger partial charge in [0.1, 0.15) is 0 Å². The van der Waals surface area contributed by atoms with E-state index in [1.807, 2.05) is 37.3 Å². The number of pyridine rings is 1. The van der Waals surface area contributed by atoms with Crippen molar-refractivity contribution in [2.24, 2.45) is 0 Å². The molecule has 0 aliphatic heterocycles. The summed E-state index contributed by atoms with van der Waals surface area (Å²) < 4.78 is 4.58. The molecule has 0 fully saturated rings. The van der Waals surface area contributed by atoms with E-state index < -0.39 is 0 Å². The molecule has 0 aliphatic carbocycles. The number of hydrogen-bond donors (Lipinski definition) is 1. The minimum atomic E-state index is -0.0509. The molecule has 2 aromatic rings. The van der Waals surface area contributed by atoms with Crippen LogP contribution in [-0.4, -0.2) is 16.2 Å². The fourth-order valence-electron chi connectivity index (χ4n) is 1.08. The summed E-state index contributed by atoms with van der Waals surface area (Å²) in [5, 5.41) is 8.86. The zero-order chi connectivity index (χ0) is 13.5. The summed E-state index contributed by atoms with van der Waals surface area (Å²) in [5.74, 6) is 0. The van der Waals surface area contributed by atoms with E-state index in [1.54, 1.807) is 24.9 Å². The van der Waals surface area contributed by atoms with Gasteiger partial charge in [0.15, 0.2) is 0 Å². The summed E-state index contributed by atoms with van der Waals surface area (Å²) >= 11 is 0. The maximum atomic E-state index is 8.86. The molecular formula is C15H23NO2. The molecule has 0 aliphatic rings. The normalized spacial score (nSPS) is 10.4. The molecular weight excluding hydrogens is 226 g/mol. The van der Waals surface area contributed by atoms with Gasteiger partial charge in [0.05, 0.1) is 18.6 Å². The van der Waals surface area contributed by atoms with Crippen molar-refractivity contribution in [3.63, 3.8) is 0 Å². The number of nitrogens with zero attached hydrogens (tertiary/aromatic N) is 1. The lowest BCUT2D eigenvalue weighted by atomic mass is 10.2. The fraction of sp³-hybridized carbons (Fsp3) is 0.400. The second kappa shape index (κ2) is 13.5. The number of aromatic nitrogens is 1. The van der Waals surface area contributed by atoms with Gasteiger partial charge in [-0.3, -0.25) is 4.98 Å². The van der Waals surface area contributed by atoms with E-state index in [0.29, 0.717) is 0 Å². The average molecular weight is 249 g/mol. The van der Waals surface area contributed by atoms with Crippen LogP contribution in [0.1, 0.15) is 33.1 Å². The van der Waals surface area contributed by atoms with E-state index >= 15 is 0 Å². The number of furan rings is 1. The maximum Gasteiger partial charge on any atom is 0.0902 e. The molecule has 0 aromatic carbocycles. The highest BCUT2D eigenvalue weighted by molar-refractivity contribution is 4.88. The Labute approximate surface area is 109 Å². The van der Waals surface area contributed by atoms with Gasteiger partial charge in [-0.05, 0) is 37.1 Å². The third-order valence-electron chi connectivity index (χ3n) is 2.09. The van der Waals surface area contributed by atoms with Crippen molar-refractivity contribution in [2.75, 3.05) is 0 Å². The molecule has 0 saturated heterocycles. The predicted octanol–water partition coefficient (Wildman–Crippen LogP) is 3.92. The van der Waals surface area contributed by atoms with Crippen LogP contribution in [0.3, 0.4) is 0 Å². The Morgan fingerprint density at radius 2 is 1.61 bits per heavy atom. The second-order valence-electron chi connectivity index (χ2n) is 3.67. The first kappa shape index (κ1) is 16.4. The van der Waals surface area contributed by atoms with E-state index in [-0.39, 0.29) is 6.10 Å². The van der Waals surface area contributed by atoms with Crippen LogP contribution in [0.15, 0.2) is 59.7 Å². The van der Waals surface area contributed by atoms with Crippen molar-refractivity contribution in [3.8, 4) is 0 Å². The molecule has 0 radical (unpaired) electrons.